The molecular weight excluding hydrogens is 254 g/mol. The van der Waals surface area contributed by atoms with E-state index in [4.69, 9.17) is 20.4 Å². The first-order valence-electron chi connectivity index (χ1n) is 7.45. The number of aromatic nitrogens is 2. The fourth-order valence-electron chi connectivity index (χ4n) is 2.87. The van der Waals surface area contributed by atoms with Gasteiger partial charge in [-0.15, -0.1) is 0 Å². The van der Waals surface area contributed by atoms with Gasteiger partial charge in [0.05, 0.1) is 24.6 Å². The molecule has 0 amide bonds. The molecule has 3 heterocycles. The Hall–Kier alpha value is -1.24. The van der Waals surface area contributed by atoms with Crippen molar-refractivity contribution in [1.29, 1.82) is 0 Å². The van der Waals surface area contributed by atoms with Crippen LogP contribution in [0.5, 0.6) is 0 Å². The van der Waals surface area contributed by atoms with Crippen LogP contribution in [0.25, 0.3) is 0 Å². The lowest BCUT2D eigenvalue weighted by molar-refractivity contribution is 0.122. The van der Waals surface area contributed by atoms with Crippen LogP contribution in [0.3, 0.4) is 0 Å². The summed E-state index contributed by atoms with van der Waals surface area (Å²) in [5, 5.41) is 0. The number of likely N-dealkylation sites (N-methyl/N-ethyl adjacent to an activating group) is 1. The molecule has 2 N–H and O–H groups in total. The summed E-state index contributed by atoms with van der Waals surface area (Å²) in [5.41, 5.74) is 9.35. The third kappa shape index (κ3) is 2.63. The Morgan fingerprint density at radius 1 is 1.20 bits per heavy atom. The summed E-state index contributed by atoms with van der Waals surface area (Å²) in [7, 11) is 0. The Balaban J connectivity index is 1.91. The predicted molar refractivity (Wildman–Crippen MR) is 77.6 cm³/mol. The third-order valence-corrected chi connectivity index (χ3v) is 4.15. The number of nitrogens with zero attached hydrogens (tertiary/aromatic N) is 4. The molecule has 0 saturated carbocycles. The van der Waals surface area contributed by atoms with Crippen molar-refractivity contribution in [2.45, 2.75) is 26.4 Å². The molecule has 0 aliphatic carbocycles. The summed E-state index contributed by atoms with van der Waals surface area (Å²) in [6.45, 7) is 8.98. The van der Waals surface area contributed by atoms with Gasteiger partial charge in [0.2, 0.25) is 5.95 Å². The number of nitrogens with two attached hydrogens (primary N) is 1. The number of hydrogen-bond donors (Lipinski definition) is 1. The molecule has 2 aliphatic rings. The van der Waals surface area contributed by atoms with Gasteiger partial charge in [0.25, 0.3) is 0 Å². The van der Waals surface area contributed by atoms with E-state index in [-0.39, 0.29) is 0 Å². The van der Waals surface area contributed by atoms with Crippen LogP contribution in [0.15, 0.2) is 0 Å². The van der Waals surface area contributed by atoms with Crippen molar-refractivity contribution in [3.8, 4) is 0 Å². The number of rotatable bonds is 3. The Morgan fingerprint density at radius 3 is 2.70 bits per heavy atom. The van der Waals surface area contributed by atoms with Crippen LogP contribution in [0.4, 0.5) is 5.95 Å². The van der Waals surface area contributed by atoms with E-state index in [1.54, 1.807) is 0 Å². The molecule has 6 heteroatoms. The number of morpholine rings is 1. The number of hydrogen-bond acceptors (Lipinski definition) is 6. The van der Waals surface area contributed by atoms with Gasteiger partial charge in [0, 0.05) is 44.7 Å². The van der Waals surface area contributed by atoms with Gasteiger partial charge in [-0.2, -0.15) is 0 Å². The average Bonchev–Trinajstić information content (AvgIpc) is 2.54. The first-order valence-corrected chi connectivity index (χ1v) is 7.45. The molecule has 1 fully saturated rings. The van der Waals surface area contributed by atoms with Crippen molar-refractivity contribution in [1.82, 2.24) is 14.9 Å². The molecule has 1 aromatic heterocycles. The van der Waals surface area contributed by atoms with Gasteiger partial charge >= 0.3 is 0 Å². The lowest BCUT2D eigenvalue weighted by atomic mass is 10.0. The van der Waals surface area contributed by atoms with E-state index < -0.39 is 0 Å². The zero-order valence-corrected chi connectivity index (χ0v) is 12.1. The summed E-state index contributed by atoms with van der Waals surface area (Å²) in [6.07, 6.45) is 0.996. The van der Waals surface area contributed by atoms with Gasteiger partial charge < -0.3 is 15.4 Å². The van der Waals surface area contributed by atoms with Crippen LogP contribution in [0.2, 0.25) is 0 Å². The van der Waals surface area contributed by atoms with Crippen molar-refractivity contribution in [2.75, 3.05) is 44.3 Å². The molecule has 1 saturated heterocycles. The Kier molecular flexibility index (Phi) is 4.14. The van der Waals surface area contributed by atoms with Gasteiger partial charge in [-0.3, -0.25) is 4.90 Å². The highest BCUT2D eigenvalue weighted by Crippen LogP contribution is 2.23. The molecule has 0 radical (unpaired) electrons. The zero-order valence-electron chi connectivity index (χ0n) is 12.1. The molecule has 0 spiro atoms. The maximum Gasteiger partial charge on any atom is 0.226 e. The largest absolute Gasteiger partial charge is 0.378 e. The van der Waals surface area contributed by atoms with Gasteiger partial charge in [-0.25, -0.2) is 9.97 Å². The van der Waals surface area contributed by atoms with Crippen molar-refractivity contribution < 1.29 is 4.74 Å². The smallest absolute Gasteiger partial charge is 0.226 e. The Labute approximate surface area is 119 Å². The highest BCUT2D eigenvalue weighted by molar-refractivity contribution is 5.38. The molecule has 0 unspecified atom stereocenters. The van der Waals surface area contributed by atoms with E-state index in [2.05, 4.69) is 16.7 Å². The number of ether oxygens (including phenoxy) is 1. The van der Waals surface area contributed by atoms with E-state index >= 15 is 0 Å². The fourth-order valence-corrected chi connectivity index (χ4v) is 2.87. The Bertz CT molecular complexity index is 456. The second-order valence-corrected chi connectivity index (χ2v) is 5.32. The molecular formula is C14H23N5O. The summed E-state index contributed by atoms with van der Waals surface area (Å²) < 4.78 is 5.39. The normalized spacial score (nSPS) is 20.0. The Morgan fingerprint density at radius 2 is 2.00 bits per heavy atom. The minimum absolute atomic E-state index is 0.486. The molecule has 0 atom stereocenters. The van der Waals surface area contributed by atoms with Crippen LogP contribution in [0, 0.1) is 0 Å². The maximum absolute atomic E-state index is 5.91. The van der Waals surface area contributed by atoms with Gasteiger partial charge in [-0.05, 0) is 6.54 Å². The van der Waals surface area contributed by atoms with Crippen LogP contribution >= 0.6 is 0 Å². The highest BCUT2D eigenvalue weighted by atomic mass is 16.5. The van der Waals surface area contributed by atoms with Crippen molar-refractivity contribution in [3.63, 3.8) is 0 Å². The molecule has 3 rings (SSSR count). The second kappa shape index (κ2) is 6.03. The van der Waals surface area contributed by atoms with Crippen LogP contribution < -0.4 is 10.6 Å². The number of fused-ring (bicyclic) bond motifs is 1. The van der Waals surface area contributed by atoms with Crippen LogP contribution in [0.1, 0.15) is 23.9 Å². The third-order valence-electron chi connectivity index (χ3n) is 4.15. The van der Waals surface area contributed by atoms with Gasteiger partial charge in [0.15, 0.2) is 0 Å². The van der Waals surface area contributed by atoms with Gasteiger partial charge in [-0.1, -0.05) is 6.92 Å². The highest BCUT2D eigenvalue weighted by Gasteiger charge is 2.23. The zero-order chi connectivity index (χ0) is 13.9. The number of anilines is 1. The molecule has 2 aliphatic heterocycles. The standard InChI is InChI=1S/C14H23N5O/c1-2-18-4-3-12-11(10-18)13(9-15)17-14(16-12)19-5-7-20-8-6-19/h2-10,15H2,1H3. The van der Waals surface area contributed by atoms with Crippen molar-refractivity contribution in [2.24, 2.45) is 5.73 Å². The summed E-state index contributed by atoms with van der Waals surface area (Å²) >= 11 is 0. The molecule has 110 valence electrons. The predicted octanol–water partition coefficient (Wildman–Crippen LogP) is 0.150. The van der Waals surface area contributed by atoms with Crippen molar-refractivity contribution in [3.05, 3.63) is 17.0 Å². The van der Waals surface area contributed by atoms with Gasteiger partial charge in [0.1, 0.15) is 0 Å². The maximum atomic E-state index is 5.91. The van der Waals surface area contributed by atoms with Crippen molar-refractivity contribution >= 4 is 5.95 Å². The lowest BCUT2D eigenvalue weighted by Gasteiger charge is -2.31. The van der Waals surface area contributed by atoms with E-state index in [0.717, 1.165) is 64.0 Å². The minimum atomic E-state index is 0.486. The first-order chi connectivity index (χ1) is 9.81. The molecule has 0 aromatic carbocycles. The van der Waals surface area contributed by atoms with E-state index in [0.29, 0.717) is 6.54 Å². The first kappa shape index (κ1) is 13.7. The molecule has 6 nitrogen and oxygen atoms in total. The summed E-state index contributed by atoms with van der Waals surface area (Å²) in [5.74, 6) is 0.831. The van der Waals surface area contributed by atoms with E-state index in [1.165, 1.54) is 11.3 Å². The topological polar surface area (TPSA) is 67.5 Å². The fraction of sp³-hybridized carbons (Fsp3) is 0.714. The molecule has 0 bridgehead atoms. The molecule has 20 heavy (non-hydrogen) atoms. The average molecular weight is 277 g/mol. The van der Waals surface area contributed by atoms with Crippen LogP contribution in [-0.2, 0) is 24.2 Å². The molecule has 1 aromatic rings. The van der Waals surface area contributed by atoms with E-state index in [9.17, 15) is 0 Å². The lowest BCUT2D eigenvalue weighted by Crippen LogP contribution is -2.39. The van der Waals surface area contributed by atoms with E-state index in [1.807, 2.05) is 0 Å². The monoisotopic (exact) mass is 277 g/mol. The summed E-state index contributed by atoms with van der Waals surface area (Å²) in [6, 6.07) is 0. The second-order valence-electron chi connectivity index (χ2n) is 5.32. The van der Waals surface area contributed by atoms with Crippen LogP contribution in [-0.4, -0.2) is 54.3 Å². The summed E-state index contributed by atoms with van der Waals surface area (Å²) in [4.78, 5) is 14.1. The minimum Gasteiger partial charge on any atom is -0.378 e. The SMILES string of the molecule is CCN1CCc2nc(N3CCOCC3)nc(CN)c2C1. The quantitative estimate of drug-likeness (QED) is 0.848.